The molecular formula is C16H12N2O5. The Morgan fingerprint density at radius 1 is 1.04 bits per heavy atom. The molecule has 23 heavy (non-hydrogen) atoms. The molecule has 2 heterocycles. The molecule has 2 amide bonds. The number of carbonyl (C=O) groups is 2. The Kier molecular flexibility index (Phi) is 3.04. The van der Waals surface area contributed by atoms with Crippen molar-refractivity contribution in [2.24, 2.45) is 0 Å². The van der Waals surface area contributed by atoms with Crippen molar-refractivity contribution in [1.29, 1.82) is 0 Å². The molecule has 0 saturated carbocycles. The van der Waals surface area contributed by atoms with Gasteiger partial charge in [0.15, 0.2) is 18.1 Å². The maximum atomic E-state index is 12.4. The molecule has 2 aliphatic rings. The van der Waals surface area contributed by atoms with Gasteiger partial charge in [-0.05, 0) is 30.3 Å². The number of nitrogens with one attached hydrogen (secondary N) is 2. The van der Waals surface area contributed by atoms with Crippen molar-refractivity contribution in [2.45, 2.75) is 0 Å². The van der Waals surface area contributed by atoms with Crippen LogP contribution in [0.1, 0.15) is 10.4 Å². The van der Waals surface area contributed by atoms with Crippen LogP contribution < -0.4 is 24.8 Å². The number of hydrogen-bond donors (Lipinski definition) is 2. The minimum atomic E-state index is -0.323. The van der Waals surface area contributed by atoms with Crippen molar-refractivity contribution >= 4 is 23.2 Å². The van der Waals surface area contributed by atoms with Gasteiger partial charge < -0.3 is 24.8 Å². The fraction of sp³-hybridized carbons (Fsp3) is 0.125. The maximum absolute atomic E-state index is 12.4. The van der Waals surface area contributed by atoms with Gasteiger partial charge in [-0.1, -0.05) is 6.07 Å². The molecule has 0 bridgehead atoms. The molecule has 0 spiro atoms. The molecule has 0 radical (unpaired) electrons. The molecule has 0 aromatic heterocycles. The number of hydrogen-bond acceptors (Lipinski definition) is 5. The minimum absolute atomic E-state index is 0.0352. The molecule has 4 rings (SSSR count). The van der Waals surface area contributed by atoms with E-state index in [4.69, 9.17) is 14.2 Å². The quantitative estimate of drug-likeness (QED) is 0.886. The number of amides is 2. The van der Waals surface area contributed by atoms with Crippen molar-refractivity contribution < 1.29 is 23.8 Å². The van der Waals surface area contributed by atoms with E-state index in [1.54, 1.807) is 36.4 Å². The number of para-hydroxylation sites is 1. The fourth-order valence-electron chi connectivity index (χ4n) is 2.44. The number of benzene rings is 2. The zero-order valence-electron chi connectivity index (χ0n) is 11.9. The highest BCUT2D eigenvalue weighted by atomic mass is 16.7. The van der Waals surface area contributed by atoms with E-state index in [1.165, 1.54) is 0 Å². The number of carbonyl (C=O) groups excluding carboxylic acids is 2. The van der Waals surface area contributed by atoms with Crippen LogP contribution >= 0.6 is 0 Å². The van der Waals surface area contributed by atoms with Crippen LogP contribution in [0.3, 0.4) is 0 Å². The first kappa shape index (κ1) is 13.4. The van der Waals surface area contributed by atoms with Crippen LogP contribution in [0.2, 0.25) is 0 Å². The van der Waals surface area contributed by atoms with Gasteiger partial charge in [0.2, 0.25) is 6.79 Å². The lowest BCUT2D eigenvalue weighted by atomic mass is 10.1. The summed E-state index contributed by atoms with van der Waals surface area (Å²) >= 11 is 0. The first-order valence-corrected chi connectivity index (χ1v) is 6.97. The normalized spacial score (nSPS) is 14.5. The number of anilines is 2. The highest BCUT2D eigenvalue weighted by Gasteiger charge is 2.21. The van der Waals surface area contributed by atoms with Crippen molar-refractivity contribution in [1.82, 2.24) is 0 Å². The van der Waals surface area contributed by atoms with Crippen molar-refractivity contribution in [3.05, 3.63) is 42.0 Å². The van der Waals surface area contributed by atoms with Crippen LogP contribution in [0.5, 0.6) is 17.2 Å². The Labute approximate surface area is 131 Å². The summed E-state index contributed by atoms with van der Waals surface area (Å²) < 4.78 is 15.8. The summed E-state index contributed by atoms with van der Waals surface area (Å²) in [7, 11) is 0. The van der Waals surface area contributed by atoms with E-state index in [2.05, 4.69) is 10.6 Å². The lowest BCUT2D eigenvalue weighted by molar-refractivity contribution is -0.118. The van der Waals surface area contributed by atoms with E-state index in [1.807, 2.05) is 0 Å². The third-order valence-corrected chi connectivity index (χ3v) is 3.53. The summed E-state index contributed by atoms with van der Waals surface area (Å²) in [5.74, 6) is 1.08. The van der Waals surface area contributed by atoms with Gasteiger partial charge in [0.25, 0.3) is 11.8 Å². The maximum Gasteiger partial charge on any atom is 0.262 e. The van der Waals surface area contributed by atoms with Crippen LogP contribution in [0.25, 0.3) is 0 Å². The van der Waals surface area contributed by atoms with Crippen molar-refractivity contribution in [2.75, 3.05) is 24.0 Å². The number of fused-ring (bicyclic) bond motifs is 2. The van der Waals surface area contributed by atoms with Crippen LogP contribution in [0.4, 0.5) is 11.4 Å². The van der Waals surface area contributed by atoms with Gasteiger partial charge in [-0.2, -0.15) is 0 Å². The minimum Gasteiger partial charge on any atom is -0.481 e. The predicted octanol–water partition coefficient (Wildman–Crippen LogP) is 2.00. The molecule has 116 valence electrons. The summed E-state index contributed by atoms with van der Waals surface area (Å²) in [4.78, 5) is 23.9. The second-order valence-corrected chi connectivity index (χ2v) is 5.04. The van der Waals surface area contributed by atoms with Gasteiger partial charge in [-0.3, -0.25) is 9.59 Å². The molecule has 2 aromatic carbocycles. The molecular weight excluding hydrogens is 300 g/mol. The van der Waals surface area contributed by atoms with Gasteiger partial charge in [-0.15, -0.1) is 0 Å². The molecule has 2 aliphatic heterocycles. The van der Waals surface area contributed by atoms with Crippen LogP contribution in [0, 0.1) is 0 Å². The molecule has 0 aliphatic carbocycles. The van der Waals surface area contributed by atoms with E-state index in [0.29, 0.717) is 34.2 Å². The predicted molar refractivity (Wildman–Crippen MR) is 81.1 cm³/mol. The Bertz CT molecular complexity index is 818. The highest BCUT2D eigenvalue weighted by molar-refractivity contribution is 6.09. The first-order valence-electron chi connectivity index (χ1n) is 6.97. The molecule has 0 atom stereocenters. The molecule has 0 saturated heterocycles. The van der Waals surface area contributed by atoms with Crippen LogP contribution in [0.15, 0.2) is 36.4 Å². The standard InChI is InChI=1S/C16H12N2O5/c19-14-7-21-12-3-1-2-10(15(12)18-14)17-16(20)9-4-5-11-13(6-9)23-8-22-11/h1-6H,7-8H2,(H,17,20)(H,18,19). The van der Waals surface area contributed by atoms with Gasteiger partial charge in [0.1, 0.15) is 11.4 Å². The van der Waals surface area contributed by atoms with Gasteiger partial charge in [0.05, 0.1) is 5.69 Å². The zero-order valence-corrected chi connectivity index (χ0v) is 11.9. The lowest BCUT2D eigenvalue weighted by Gasteiger charge is -2.20. The lowest BCUT2D eigenvalue weighted by Crippen LogP contribution is -2.26. The molecule has 7 heteroatoms. The second kappa shape index (κ2) is 5.20. The van der Waals surface area contributed by atoms with E-state index >= 15 is 0 Å². The van der Waals surface area contributed by atoms with Gasteiger partial charge in [0, 0.05) is 5.56 Å². The Morgan fingerprint density at radius 3 is 2.83 bits per heavy atom. The third-order valence-electron chi connectivity index (χ3n) is 3.53. The Balaban J connectivity index is 1.61. The summed E-state index contributed by atoms with van der Waals surface area (Å²) in [5, 5.41) is 5.47. The summed E-state index contributed by atoms with van der Waals surface area (Å²) in [6.07, 6.45) is 0. The monoisotopic (exact) mass is 312 g/mol. The van der Waals surface area contributed by atoms with E-state index < -0.39 is 0 Å². The average Bonchev–Trinajstić information content (AvgIpc) is 3.03. The molecule has 7 nitrogen and oxygen atoms in total. The number of rotatable bonds is 2. The summed E-state index contributed by atoms with van der Waals surface area (Å²) in [6.45, 7) is 0.114. The van der Waals surface area contributed by atoms with Crippen LogP contribution in [-0.2, 0) is 4.79 Å². The molecule has 2 N–H and O–H groups in total. The first-order chi connectivity index (χ1) is 11.2. The fourth-order valence-corrected chi connectivity index (χ4v) is 2.44. The average molecular weight is 312 g/mol. The second-order valence-electron chi connectivity index (χ2n) is 5.04. The van der Waals surface area contributed by atoms with E-state index in [0.717, 1.165) is 0 Å². The largest absolute Gasteiger partial charge is 0.481 e. The Hall–Kier alpha value is -3.22. The topological polar surface area (TPSA) is 85.9 Å². The molecule has 0 unspecified atom stereocenters. The van der Waals surface area contributed by atoms with Crippen LogP contribution in [-0.4, -0.2) is 25.2 Å². The molecule has 2 aromatic rings. The number of ether oxygens (including phenoxy) is 3. The van der Waals surface area contributed by atoms with Gasteiger partial charge in [-0.25, -0.2) is 0 Å². The van der Waals surface area contributed by atoms with Crippen molar-refractivity contribution in [3.8, 4) is 17.2 Å². The molecule has 0 fully saturated rings. The summed E-state index contributed by atoms with van der Waals surface area (Å²) in [5.41, 5.74) is 1.35. The zero-order chi connectivity index (χ0) is 15.8. The van der Waals surface area contributed by atoms with E-state index in [-0.39, 0.29) is 25.2 Å². The third kappa shape index (κ3) is 2.42. The SMILES string of the molecule is O=C1COc2cccc(NC(=O)c3ccc4c(c3)OCO4)c2N1. The smallest absolute Gasteiger partial charge is 0.262 e. The highest BCUT2D eigenvalue weighted by Crippen LogP contribution is 2.36. The van der Waals surface area contributed by atoms with Crippen molar-refractivity contribution in [3.63, 3.8) is 0 Å². The summed E-state index contributed by atoms with van der Waals surface area (Å²) in [6, 6.07) is 10.1. The Morgan fingerprint density at radius 2 is 1.91 bits per heavy atom. The van der Waals surface area contributed by atoms with E-state index in [9.17, 15) is 9.59 Å². The van der Waals surface area contributed by atoms with Gasteiger partial charge >= 0.3 is 0 Å².